The lowest BCUT2D eigenvalue weighted by Gasteiger charge is -2.27. The highest BCUT2D eigenvalue weighted by Crippen LogP contribution is 2.31. The summed E-state index contributed by atoms with van der Waals surface area (Å²) in [7, 11) is 0. The van der Waals surface area contributed by atoms with Gasteiger partial charge in [0, 0.05) is 29.8 Å². The molecule has 0 aliphatic carbocycles. The average molecular weight is 511 g/mol. The van der Waals surface area contributed by atoms with Crippen LogP contribution >= 0.6 is 0 Å². The summed E-state index contributed by atoms with van der Waals surface area (Å²) in [5.41, 5.74) is 9.64. The van der Waals surface area contributed by atoms with Crippen LogP contribution in [0.5, 0.6) is 0 Å². The third kappa shape index (κ3) is 5.65. The van der Waals surface area contributed by atoms with Crippen LogP contribution in [0.15, 0.2) is 65.4 Å². The zero-order valence-corrected chi connectivity index (χ0v) is 22.1. The van der Waals surface area contributed by atoms with Gasteiger partial charge in [0.2, 0.25) is 0 Å². The van der Waals surface area contributed by atoms with Crippen molar-refractivity contribution in [3.8, 4) is 34.0 Å². The molecular formula is C30H34N6O2. The highest BCUT2D eigenvalue weighted by atomic mass is 16.5. The fraction of sp³-hybridized carbons (Fsp3) is 0.367. The van der Waals surface area contributed by atoms with Gasteiger partial charge in [0.1, 0.15) is 11.5 Å². The first-order valence-electron chi connectivity index (χ1n) is 13.3. The Morgan fingerprint density at radius 2 is 1.79 bits per heavy atom. The molecule has 38 heavy (non-hydrogen) atoms. The molecule has 8 heteroatoms. The molecule has 0 bridgehead atoms. The van der Waals surface area contributed by atoms with E-state index in [4.69, 9.17) is 15.2 Å². The maximum absolute atomic E-state index is 13.2. The number of Topliss-reactive ketones (excluding diaryl/α,β-unsaturated/α-hetero) is 1. The van der Waals surface area contributed by atoms with Crippen molar-refractivity contribution in [2.75, 3.05) is 25.4 Å². The number of benzene rings is 1. The van der Waals surface area contributed by atoms with Gasteiger partial charge >= 0.3 is 0 Å². The Hall–Kier alpha value is -3.91. The van der Waals surface area contributed by atoms with Gasteiger partial charge in [-0.3, -0.25) is 9.78 Å². The monoisotopic (exact) mass is 510 g/mol. The molecule has 8 nitrogen and oxygen atoms in total. The molecule has 0 amide bonds. The molecule has 196 valence electrons. The van der Waals surface area contributed by atoms with E-state index >= 15 is 0 Å². The summed E-state index contributed by atoms with van der Waals surface area (Å²) in [6.45, 7) is 7.16. The van der Waals surface area contributed by atoms with E-state index < -0.39 is 5.41 Å². The van der Waals surface area contributed by atoms with Crippen LogP contribution in [0, 0.1) is 0 Å². The number of carbonyl (C=O) groups excluding carboxylic acids is 1. The third-order valence-electron chi connectivity index (χ3n) is 7.33. The van der Waals surface area contributed by atoms with E-state index in [1.54, 1.807) is 12.4 Å². The third-order valence-corrected chi connectivity index (χ3v) is 7.33. The SMILES string of the molecule is CC(C)(C(=O)CCCN1CCCCC1)c1cc(-c2cnc(N)c(-c3cc(-c4ccccc4)no3)n2)ccn1. The van der Waals surface area contributed by atoms with Crippen LogP contribution in [-0.4, -0.2) is 50.4 Å². The van der Waals surface area contributed by atoms with Gasteiger partial charge in [0.15, 0.2) is 17.3 Å². The molecule has 0 radical (unpaired) electrons. The lowest BCUT2D eigenvalue weighted by Crippen LogP contribution is -2.33. The van der Waals surface area contributed by atoms with Crippen LogP contribution < -0.4 is 5.73 Å². The highest BCUT2D eigenvalue weighted by molar-refractivity contribution is 5.89. The molecule has 0 spiro atoms. The molecule has 3 aromatic heterocycles. The molecule has 0 unspecified atom stereocenters. The van der Waals surface area contributed by atoms with E-state index in [0.717, 1.165) is 37.2 Å². The van der Waals surface area contributed by atoms with Gasteiger partial charge in [0.25, 0.3) is 0 Å². The molecule has 1 aromatic carbocycles. The van der Waals surface area contributed by atoms with Crippen molar-refractivity contribution in [1.29, 1.82) is 0 Å². The van der Waals surface area contributed by atoms with Crippen molar-refractivity contribution < 1.29 is 9.32 Å². The molecular weight excluding hydrogens is 476 g/mol. The summed E-state index contributed by atoms with van der Waals surface area (Å²) in [6, 6.07) is 15.3. The number of pyridine rings is 1. The topological polar surface area (TPSA) is 111 Å². The number of ketones is 1. The van der Waals surface area contributed by atoms with Crippen molar-refractivity contribution in [3.63, 3.8) is 0 Å². The van der Waals surface area contributed by atoms with Gasteiger partial charge in [-0.25, -0.2) is 9.97 Å². The fourth-order valence-electron chi connectivity index (χ4n) is 4.88. The summed E-state index contributed by atoms with van der Waals surface area (Å²) in [5.74, 6) is 0.885. The fourth-order valence-corrected chi connectivity index (χ4v) is 4.88. The van der Waals surface area contributed by atoms with Crippen molar-refractivity contribution in [1.82, 2.24) is 25.0 Å². The van der Waals surface area contributed by atoms with Crippen LogP contribution in [0.25, 0.3) is 34.0 Å². The van der Waals surface area contributed by atoms with Crippen LogP contribution in [0.3, 0.4) is 0 Å². The number of nitrogens with zero attached hydrogens (tertiary/aromatic N) is 5. The zero-order chi connectivity index (χ0) is 26.5. The Morgan fingerprint density at radius 1 is 1.00 bits per heavy atom. The Kier molecular flexibility index (Phi) is 7.60. The van der Waals surface area contributed by atoms with Crippen molar-refractivity contribution in [3.05, 3.63) is 66.6 Å². The molecule has 4 heterocycles. The van der Waals surface area contributed by atoms with E-state index in [9.17, 15) is 4.79 Å². The minimum Gasteiger partial charge on any atom is -0.382 e. The van der Waals surface area contributed by atoms with E-state index in [2.05, 4.69) is 20.0 Å². The number of aromatic nitrogens is 4. The summed E-state index contributed by atoms with van der Waals surface area (Å²) < 4.78 is 5.57. The number of likely N-dealkylation sites (tertiary alicyclic amines) is 1. The molecule has 0 atom stereocenters. The van der Waals surface area contributed by atoms with Crippen molar-refractivity contribution >= 4 is 11.6 Å². The summed E-state index contributed by atoms with van der Waals surface area (Å²) in [6.07, 6.45) is 8.59. The Labute approximate surface area is 223 Å². The maximum atomic E-state index is 13.2. The van der Waals surface area contributed by atoms with Gasteiger partial charge in [-0.05, 0) is 64.9 Å². The second kappa shape index (κ2) is 11.2. The summed E-state index contributed by atoms with van der Waals surface area (Å²) in [5, 5.41) is 4.18. The molecule has 5 rings (SSSR count). The summed E-state index contributed by atoms with van der Waals surface area (Å²) >= 11 is 0. The number of rotatable bonds is 9. The number of hydrogen-bond donors (Lipinski definition) is 1. The molecule has 1 fully saturated rings. The van der Waals surface area contributed by atoms with Crippen molar-refractivity contribution in [2.24, 2.45) is 0 Å². The normalized spacial score (nSPS) is 14.5. The van der Waals surface area contributed by atoms with Crippen LogP contribution in [0.1, 0.15) is 51.6 Å². The van der Waals surface area contributed by atoms with Gasteiger partial charge in [-0.1, -0.05) is 41.9 Å². The van der Waals surface area contributed by atoms with E-state index in [1.807, 2.05) is 62.4 Å². The Balaban J connectivity index is 1.33. The van der Waals surface area contributed by atoms with Crippen molar-refractivity contribution in [2.45, 2.75) is 51.4 Å². The second-order valence-electron chi connectivity index (χ2n) is 10.4. The highest BCUT2D eigenvalue weighted by Gasteiger charge is 2.31. The van der Waals surface area contributed by atoms with Gasteiger partial charge in [0.05, 0.1) is 23.0 Å². The van der Waals surface area contributed by atoms with Gasteiger partial charge in [-0.2, -0.15) is 0 Å². The number of nitrogens with two attached hydrogens (primary N) is 1. The minimum atomic E-state index is -0.711. The Morgan fingerprint density at radius 3 is 2.58 bits per heavy atom. The first kappa shape index (κ1) is 25.7. The first-order valence-corrected chi connectivity index (χ1v) is 13.3. The number of anilines is 1. The molecule has 1 aliphatic heterocycles. The lowest BCUT2D eigenvalue weighted by molar-refractivity contribution is -0.123. The summed E-state index contributed by atoms with van der Waals surface area (Å²) in [4.78, 5) is 29.4. The number of hydrogen-bond acceptors (Lipinski definition) is 8. The number of carbonyl (C=O) groups is 1. The van der Waals surface area contributed by atoms with E-state index in [1.165, 1.54) is 19.3 Å². The van der Waals surface area contributed by atoms with E-state index in [-0.39, 0.29) is 11.6 Å². The molecule has 4 aromatic rings. The predicted molar refractivity (Wildman–Crippen MR) is 148 cm³/mol. The largest absolute Gasteiger partial charge is 0.382 e. The molecule has 1 aliphatic rings. The molecule has 2 N–H and O–H groups in total. The molecule has 1 saturated heterocycles. The predicted octanol–water partition coefficient (Wildman–Crippen LogP) is 5.56. The first-order chi connectivity index (χ1) is 18.4. The smallest absolute Gasteiger partial charge is 0.189 e. The Bertz CT molecular complexity index is 1390. The number of nitrogen functional groups attached to an aromatic ring is 1. The van der Waals surface area contributed by atoms with Gasteiger partial charge in [-0.15, -0.1) is 0 Å². The standard InChI is InChI=1S/C30H34N6O2/c1-30(2,27(37)12-9-17-36-15-7-4-8-16-36)26-18-22(13-14-32-26)24-20-33-29(31)28(34-24)25-19-23(35-38-25)21-10-5-3-6-11-21/h3,5-6,10-11,13-14,18-20H,4,7-9,12,15-17H2,1-2H3,(H2,31,33). The van der Waals surface area contributed by atoms with Crippen LogP contribution in [-0.2, 0) is 10.2 Å². The van der Waals surface area contributed by atoms with Crippen LogP contribution in [0.4, 0.5) is 5.82 Å². The van der Waals surface area contributed by atoms with Gasteiger partial charge < -0.3 is 15.2 Å². The number of piperidine rings is 1. The lowest BCUT2D eigenvalue weighted by atomic mass is 9.81. The zero-order valence-electron chi connectivity index (χ0n) is 22.1. The maximum Gasteiger partial charge on any atom is 0.189 e. The van der Waals surface area contributed by atoms with E-state index in [0.29, 0.717) is 35.0 Å². The minimum absolute atomic E-state index is 0.193. The second-order valence-corrected chi connectivity index (χ2v) is 10.4. The van der Waals surface area contributed by atoms with Crippen LogP contribution in [0.2, 0.25) is 0 Å². The quantitative estimate of drug-likeness (QED) is 0.312. The molecule has 0 saturated carbocycles. The average Bonchev–Trinajstić information content (AvgIpc) is 3.44.